The Kier molecular flexibility index (Phi) is 3.62. The van der Waals surface area contributed by atoms with E-state index in [0.717, 1.165) is 11.0 Å². The fourth-order valence-electron chi connectivity index (χ4n) is 2.44. The molecule has 112 valence electrons. The Balaban J connectivity index is 1.65. The maximum absolute atomic E-state index is 11.9. The molecule has 0 bridgehead atoms. The normalized spacial score (nSPS) is 20.7. The van der Waals surface area contributed by atoms with Gasteiger partial charge in [-0.2, -0.15) is 0 Å². The number of fused-ring (bicyclic) bond motifs is 1. The fraction of sp³-hybridized carbons (Fsp3) is 0.385. The maximum Gasteiger partial charge on any atom is 0.224 e. The van der Waals surface area contributed by atoms with Crippen LogP contribution in [0.1, 0.15) is 12.2 Å². The van der Waals surface area contributed by atoms with Gasteiger partial charge in [0.2, 0.25) is 5.91 Å². The lowest BCUT2D eigenvalue weighted by molar-refractivity contribution is -0.124. The number of halogens is 1. The van der Waals surface area contributed by atoms with Crippen molar-refractivity contribution in [3.05, 3.63) is 29.0 Å². The van der Waals surface area contributed by atoms with E-state index in [2.05, 4.69) is 15.3 Å². The van der Waals surface area contributed by atoms with Gasteiger partial charge in [0.1, 0.15) is 5.82 Å². The number of aromatic nitrogens is 2. The molecular formula is C13H14ClN3O3S. The molecule has 0 aliphatic carbocycles. The van der Waals surface area contributed by atoms with Crippen molar-refractivity contribution in [2.45, 2.75) is 13.0 Å². The van der Waals surface area contributed by atoms with E-state index in [1.165, 1.54) is 0 Å². The number of carbonyl (C=O) groups is 1. The van der Waals surface area contributed by atoms with Crippen molar-refractivity contribution in [2.75, 3.05) is 11.5 Å². The molecule has 1 aliphatic rings. The molecule has 6 nitrogen and oxygen atoms in total. The smallest absolute Gasteiger partial charge is 0.224 e. The first-order valence-electron chi connectivity index (χ1n) is 6.55. The third-order valence-electron chi connectivity index (χ3n) is 3.53. The Morgan fingerprint density at radius 1 is 1.48 bits per heavy atom. The monoisotopic (exact) mass is 327 g/mol. The lowest BCUT2D eigenvalue weighted by Gasteiger charge is -2.07. The first-order valence-corrected chi connectivity index (χ1v) is 8.75. The summed E-state index contributed by atoms with van der Waals surface area (Å²) in [6, 6.07) is 5.30. The molecule has 1 aliphatic heterocycles. The Morgan fingerprint density at radius 2 is 2.29 bits per heavy atom. The number of hydrogen-bond donors (Lipinski definition) is 2. The van der Waals surface area contributed by atoms with Crippen LogP contribution in [0.4, 0.5) is 0 Å². The van der Waals surface area contributed by atoms with Crippen LogP contribution < -0.4 is 5.32 Å². The van der Waals surface area contributed by atoms with Gasteiger partial charge in [-0.05, 0) is 24.6 Å². The highest BCUT2D eigenvalue weighted by Gasteiger charge is 2.32. The first kappa shape index (κ1) is 14.3. The van der Waals surface area contributed by atoms with E-state index in [0.29, 0.717) is 17.3 Å². The number of imidazole rings is 1. The minimum absolute atomic E-state index is 0.0609. The Bertz CT molecular complexity index is 800. The van der Waals surface area contributed by atoms with Crippen molar-refractivity contribution < 1.29 is 13.2 Å². The topological polar surface area (TPSA) is 91.9 Å². The van der Waals surface area contributed by atoms with Crippen molar-refractivity contribution in [1.82, 2.24) is 15.3 Å². The largest absolute Gasteiger partial charge is 0.349 e. The second-order valence-corrected chi connectivity index (χ2v) is 7.83. The van der Waals surface area contributed by atoms with Gasteiger partial charge in [-0.1, -0.05) is 11.6 Å². The van der Waals surface area contributed by atoms with Crippen molar-refractivity contribution >= 4 is 38.4 Å². The SMILES string of the molecule is O=C(NCc1nc2ccc(Cl)cc2[nH]1)[C@@H]1CCS(=O)(=O)C1. The average molecular weight is 328 g/mol. The van der Waals surface area contributed by atoms with Gasteiger partial charge in [-0.15, -0.1) is 0 Å². The number of nitrogens with one attached hydrogen (secondary N) is 2. The van der Waals surface area contributed by atoms with Gasteiger partial charge in [0.05, 0.1) is 35.0 Å². The molecular weight excluding hydrogens is 314 g/mol. The number of hydrogen-bond acceptors (Lipinski definition) is 4. The molecule has 1 amide bonds. The summed E-state index contributed by atoms with van der Waals surface area (Å²) in [6.07, 6.45) is 0.393. The van der Waals surface area contributed by atoms with Gasteiger partial charge >= 0.3 is 0 Å². The minimum Gasteiger partial charge on any atom is -0.349 e. The molecule has 1 aromatic heterocycles. The lowest BCUT2D eigenvalue weighted by atomic mass is 10.1. The summed E-state index contributed by atoms with van der Waals surface area (Å²) in [4.78, 5) is 19.3. The second kappa shape index (κ2) is 5.31. The van der Waals surface area contributed by atoms with Crippen LogP contribution in [-0.4, -0.2) is 35.8 Å². The number of benzene rings is 1. The average Bonchev–Trinajstić information content (AvgIpc) is 2.98. The van der Waals surface area contributed by atoms with Crippen molar-refractivity contribution in [1.29, 1.82) is 0 Å². The van der Waals surface area contributed by atoms with Crippen LogP contribution in [0.2, 0.25) is 5.02 Å². The number of sulfone groups is 1. The van der Waals surface area contributed by atoms with E-state index in [1.807, 2.05) is 0 Å². The molecule has 1 fully saturated rings. The van der Waals surface area contributed by atoms with E-state index >= 15 is 0 Å². The van der Waals surface area contributed by atoms with E-state index in [9.17, 15) is 13.2 Å². The van der Waals surface area contributed by atoms with Crippen LogP contribution in [-0.2, 0) is 21.2 Å². The van der Waals surface area contributed by atoms with E-state index in [-0.39, 0.29) is 24.0 Å². The van der Waals surface area contributed by atoms with Gasteiger partial charge in [-0.25, -0.2) is 13.4 Å². The molecule has 0 unspecified atom stereocenters. The van der Waals surface area contributed by atoms with Crippen LogP contribution in [0.5, 0.6) is 0 Å². The molecule has 0 saturated carbocycles. The summed E-state index contributed by atoms with van der Waals surface area (Å²) < 4.78 is 22.7. The van der Waals surface area contributed by atoms with Gasteiger partial charge in [0.25, 0.3) is 0 Å². The standard InChI is InChI=1S/C13H14ClN3O3S/c14-9-1-2-10-11(5-9)17-12(16-10)6-15-13(18)8-3-4-21(19,20)7-8/h1-2,5,8H,3-4,6-7H2,(H,15,18)(H,16,17)/t8-/m1/s1. The molecule has 1 saturated heterocycles. The summed E-state index contributed by atoms with van der Waals surface area (Å²) in [5.74, 6) is -0.0483. The summed E-state index contributed by atoms with van der Waals surface area (Å²) in [5, 5.41) is 3.33. The zero-order valence-electron chi connectivity index (χ0n) is 11.1. The summed E-state index contributed by atoms with van der Waals surface area (Å²) >= 11 is 5.89. The van der Waals surface area contributed by atoms with Crippen LogP contribution >= 0.6 is 11.6 Å². The molecule has 1 aromatic carbocycles. The molecule has 0 radical (unpaired) electrons. The predicted octanol–water partition coefficient (Wildman–Crippen LogP) is 1.27. The Hall–Kier alpha value is -1.60. The minimum atomic E-state index is -3.05. The molecule has 2 N–H and O–H groups in total. The third-order valence-corrected chi connectivity index (χ3v) is 5.53. The number of carbonyl (C=O) groups excluding carboxylic acids is 1. The van der Waals surface area contributed by atoms with E-state index < -0.39 is 15.8 Å². The van der Waals surface area contributed by atoms with Gasteiger partial charge in [0.15, 0.2) is 9.84 Å². The lowest BCUT2D eigenvalue weighted by Crippen LogP contribution is -2.31. The molecule has 2 aromatic rings. The molecule has 0 spiro atoms. The Morgan fingerprint density at radius 3 is 3.00 bits per heavy atom. The quantitative estimate of drug-likeness (QED) is 0.888. The van der Waals surface area contributed by atoms with Gasteiger partial charge < -0.3 is 10.3 Å². The number of aromatic amines is 1. The third kappa shape index (κ3) is 3.19. The van der Waals surface area contributed by atoms with Crippen molar-refractivity contribution in [3.8, 4) is 0 Å². The summed E-state index contributed by atoms with van der Waals surface area (Å²) in [7, 11) is -3.05. The molecule has 21 heavy (non-hydrogen) atoms. The number of nitrogens with zero attached hydrogens (tertiary/aromatic N) is 1. The fourth-order valence-corrected chi connectivity index (χ4v) is 4.35. The van der Waals surface area contributed by atoms with Gasteiger partial charge in [0, 0.05) is 5.02 Å². The zero-order valence-corrected chi connectivity index (χ0v) is 12.7. The molecule has 1 atom stereocenters. The highest BCUT2D eigenvalue weighted by atomic mass is 35.5. The number of H-pyrrole nitrogens is 1. The second-order valence-electron chi connectivity index (χ2n) is 5.16. The zero-order chi connectivity index (χ0) is 15.0. The molecule has 2 heterocycles. The number of rotatable bonds is 3. The van der Waals surface area contributed by atoms with E-state index in [1.54, 1.807) is 18.2 Å². The van der Waals surface area contributed by atoms with Crippen LogP contribution in [0.3, 0.4) is 0 Å². The summed E-state index contributed by atoms with van der Waals surface area (Å²) in [6.45, 7) is 0.238. The van der Waals surface area contributed by atoms with Crippen molar-refractivity contribution in [3.63, 3.8) is 0 Å². The predicted molar refractivity (Wildman–Crippen MR) is 79.7 cm³/mol. The van der Waals surface area contributed by atoms with Gasteiger partial charge in [-0.3, -0.25) is 4.79 Å². The molecule has 8 heteroatoms. The number of amides is 1. The molecule has 3 rings (SSSR count). The van der Waals surface area contributed by atoms with Crippen LogP contribution in [0.15, 0.2) is 18.2 Å². The van der Waals surface area contributed by atoms with E-state index in [4.69, 9.17) is 11.6 Å². The maximum atomic E-state index is 11.9. The highest BCUT2D eigenvalue weighted by Crippen LogP contribution is 2.19. The van der Waals surface area contributed by atoms with Crippen molar-refractivity contribution in [2.24, 2.45) is 5.92 Å². The summed E-state index contributed by atoms with van der Waals surface area (Å²) in [5.41, 5.74) is 1.57. The Labute approximate surface area is 126 Å². The van der Waals surface area contributed by atoms with Crippen LogP contribution in [0, 0.1) is 5.92 Å². The highest BCUT2D eigenvalue weighted by molar-refractivity contribution is 7.91. The van der Waals surface area contributed by atoms with Crippen LogP contribution in [0.25, 0.3) is 11.0 Å². The first-order chi connectivity index (χ1) is 9.93.